The zero-order valence-corrected chi connectivity index (χ0v) is 8.56. The number of carbonyl (C=O) groups is 1. The molecule has 0 aromatic heterocycles. The molecule has 0 atom stereocenters. The lowest BCUT2D eigenvalue weighted by molar-refractivity contribution is -0.158. The Morgan fingerprint density at radius 2 is 1.67 bits per heavy atom. The Hall–Kier alpha value is -0.930. The minimum absolute atomic E-state index is 0.462. The van der Waals surface area contributed by atoms with E-state index < -0.39 is 11.8 Å². The summed E-state index contributed by atoms with van der Waals surface area (Å²) in [6.07, 6.45) is 5.70. The largest absolute Gasteiger partial charge is 0.454 e. The zero-order valence-electron chi connectivity index (χ0n) is 8.56. The molecule has 0 N–H and O–H groups in total. The molecule has 1 aliphatic heterocycles. The highest BCUT2D eigenvalue weighted by molar-refractivity contribution is 5.69. The molecule has 4 nitrogen and oxygen atoms in total. The van der Waals surface area contributed by atoms with Gasteiger partial charge in [-0.3, -0.25) is 0 Å². The third kappa shape index (κ3) is 0.905. The standard InChI is InChI=1S/C11H14N2O2/c14-10-12-13-11(15-10)8-2-6-1-7(4-8)5-9(11)3-6/h6-9H,1-5H2. The Morgan fingerprint density at radius 3 is 2.13 bits per heavy atom. The van der Waals surface area contributed by atoms with E-state index in [4.69, 9.17) is 4.74 Å². The second kappa shape index (κ2) is 2.42. The van der Waals surface area contributed by atoms with Crippen LogP contribution in [0.15, 0.2) is 10.2 Å². The number of azo groups is 1. The molecule has 0 aromatic rings. The monoisotopic (exact) mass is 206 g/mol. The van der Waals surface area contributed by atoms with E-state index in [-0.39, 0.29) is 0 Å². The Morgan fingerprint density at radius 1 is 1.07 bits per heavy atom. The number of hydrogen-bond donors (Lipinski definition) is 0. The summed E-state index contributed by atoms with van der Waals surface area (Å²) in [6.45, 7) is 0. The molecule has 1 heterocycles. The molecule has 0 aromatic carbocycles. The minimum atomic E-state index is -0.523. The maximum absolute atomic E-state index is 11.2. The van der Waals surface area contributed by atoms with Gasteiger partial charge in [0.2, 0.25) is 5.72 Å². The second-order valence-electron chi connectivity index (χ2n) is 5.62. The lowest BCUT2D eigenvalue weighted by Gasteiger charge is -2.56. The summed E-state index contributed by atoms with van der Waals surface area (Å²) in [6, 6.07) is 0. The van der Waals surface area contributed by atoms with Crippen LogP contribution in [-0.4, -0.2) is 11.8 Å². The zero-order chi connectivity index (χ0) is 10.0. The fraction of sp³-hybridized carbons (Fsp3) is 0.909. The van der Waals surface area contributed by atoms with Crippen molar-refractivity contribution >= 4 is 6.09 Å². The van der Waals surface area contributed by atoms with Gasteiger partial charge in [0, 0.05) is 11.8 Å². The SMILES string of the molecule is O=C1N=NC2(O1)C1CC3CC(C1)CC2C3. The van der Waals surface area contributed by atoms with Crippen molar-refractivity contribution in [1.82, 2.24) is 0 Å². The van der Waals surface area contributed by atoms with E-state index in [0.29, 0.717) is 11.8 Å². The van der Waals surface area contributed by atoms with Crippen LogP contribution in [-0.2, 0) is 4.74 Å². The molecule has 0 saturated heterocycles. The van der Waals surface area contributed by atoms with Gasteiger partial charge in [-0.1, -0.05) is 5.11 Å². The molecule has 1 spiro atoms. The van der Waals surface area contributed by atoms with E-state index in [9.17, 15) is 4.79 Å². The van der Waals surface area contributed by atoms with Crippen LogP contribution < -0.4 is 0 Å². The summed E-state index contributed by atoms with van der Waals surface area (Å²) in [5, 5.41) is 7.80. The van der Waals surface area contributed by atoms with Gasteiger partial charge in [0.05, 0.1) is 0 Å². The highest BCUT2D eigenvalue weighted by atomic mass is 16.6. The second-order valence-corrected chi connectivity index (χ2v) is 5.62. The molecule has 4 heteroatoms. The first-order valence-electron chi connectivity index (χ1n) is 5.92. The third-order valence-corrected chi connectivity index (χ3v) is 4.85. The molecule has 0 radical (unpaired) electrons. The van der Waals surface area contributed by atoms with Gasteiger partial charge in [0.15, 0.2) is 0 Å². The molecule has 1 amide bonds. The molecule has 4 bridgehead atoms. The van der Waals surface area contributed by atoms with Gasteiger partial charge in [0.1, 0.15) is 0 Å². The number of hydrogen-bond acceptors (Lipinski definition) is 3. The van der Waals surface area contributed by atoms with Crippen molar-refractivity contribution in [1.29, 1.82) is 0 Å². The molecule has 4 aliphatic carbocycles. The summed E-state index contributed by atoms with van der Waals surface area (Å²) in [5.41, 5.74) is -0.523. The van der Waals surface area contributed by atoms with Gasteiger partial charge < -0.3 is 4.74 Å². The minimum Gasteiger partial charge on any atom is -0.416 e. The van der Waals surface area contributed by atoms with Crippen molar-refractivity contribution in [2.24, 2.45) is 33.9 Å². The van der Waals surface area contributed by atoms with E-state index in [1.54, 1.807) is 0 Å². The Labute approximate surface area is 88.1 Å². The topological polar surface area (TPSA) is 51.0 Å². The summed E-state index contributed by atoms with van der Waals surface area (Å²) in [4.78, 5) is 11.2. The highest BCUT2D eigenvalue weighted by Crippen LogP contribution is 2.61. The first-order chi connectivity index (χ1) is 7.26. The molecule has 5 rings (SSSR count). The Balaban J connectivity index is 1.76. The molecule has 0 unspecified atom stereocenters. The first-order valence-corrected chi connectivity index (χ1v) is 5.92. The average molecular weight is 206 g/mol. The fourth-order valence-electron chi connectivity index (χ4n) is 4.49. The van der Waals surface area contributed by atoms with Gasteiger partial charge in [-0.25, -0.2) is 4.79 Å². The quantitative estimate of drug-likeness (QED) is 0.611. The van der Waals surface area contributed by atoms with Crippen molar-refractivity contribution in [3.63, 3.8) is 0 Å². The van der Waals surface area contributed by atoms with E-state index in [0.717, 1.165) is 11.8 Å². The molecular formula is C11H14N2O2. The summed E-state index contributed by atoms with van der Waals surface area (Å²) in [7, 11) is 0. The predicted octanol–water partition coefficient (Wildman–Crippen LogP) is 2.74. The van der Waals surface area contributed by atoms with Gasteiger partial charge in [-0.2, -0.15) is 0 Å². The van der Waals surface area contributed by atoms with Crippen LogP contribution in [0.1, 0.15) is 32.1 Å². The van der Waals surface area contributed by atoms with Crippen LogP contribution in [0.5, 0.6) is 0 Å². The maximum atomic E-state index is 11.2. The first kappa shape index (κ1) is 8.25. The molecule has 15 heavy (non-hydrogen) atoms. The van der Waals surface area contributed by atoms with Crippen molar-refractivity contribution in [2.45, 2.75) is 37.8 Å². The molecule has 4 saturated carbocycles. The number of nitrogens with zero attached hydrogens (tertiary/aromatic N) is 2. The van der Waals surface area contributed by atoms with E-state index in [1.165, 1.54) is 32.1 Å². The fourth-order valence-corrected chi connectivity index (χ4v) is 4.49. The number of amides is 1. The van der Waals surface area contributed by atoms with Crippen LogP contribution in [0, 0.1) is 23.7 Å². The smallest absolute Gasteiger partial charge is 0.416 e. The molecular weight excluding hydrogens is 192 g/mol. The van der Waals surface area contributed by atoms with Crippen LogP contribution in [0.3, 0.4) is 0 Å². The van der Waals surface area contributed by atoms with Crippen molar-refractivity contribution in [3.8, 4) is 0 Å². The van der Waals surface area contributed by atoms with Crippen LogP contribution in [0.25, 0.3) is 0 Å². The van der Waals surface area contributed by atoms with Crippen molar-refractivity contribution < 1.29 is 9.53 Å². The lowest BCUT2D eigenvalue weighted by atomic mass is 9.52. The molecule has 5 aliphatic rings. The summed E-state index contributed by atoms with van der Waals surface area (Å²) >= 11 is 0. The van der Waals surface area contributed by atoms with Gasteiger partial charge in [0.25, 0.3) is 0 Å². The lowest BCUT2D eigenvalue weighted by Crippen LogP contribution is -2.56. The highest BCUT2D eigenvalue weighted by Gasteiger charge is 2.62. The average Bonchev–Trinajstić information content (AvgIpc) is 2.57. The van der Waals surface area contributed by atoms with Gasteiger partial charge in [-0.05, 0) is 43.9 Å². The third-order valence-electron chi connectivity index (χ3n) is 4.85. The summed E-state index contributed by atoms with van der Waals surface area (Å²) < 4.78 is 5.45. The number of rotatable bonds is 0. The summed E-state index contributed by atoms with van der Waals surface area (Å²) in [5.74, 6) is 2.66. The predicted molar refractivity (Wildman–Crippen MR) is 51.1 cm³/mol. The molecule has 4 fully saturated rings. The van der Waals surface area contributed by atoms with Gasteiger partial charge >= 0.3 is 6.09 Å². The number of ether oxygens (including phenoxy) is 1. The van der Waals surface area contributed by atoms with Gasteiger partial charge in [-0.15, -0.1) is 5.11 Å². The Bertz CT molecular complexity index is 336. The number of carbonyl (C=O) groups excluding carboxylic acids is 1. The van der Waals surface area contributed by atoms with E-state index in [1.807, 2.05) is 0 Å². The Kier molecular flexibility index (Phi) is 1.33. The normalized spacial score (nSPS) is 55.3. The maximum Gasteiger partial charge on any atom is 0.454 e. The van der Waals surface area contributed by atoms with E-state index >= 15 is 0 Å². The van der Waals surface area contributed by atoms with Crippen molar-refractivity contribution in [2.75, 3.05) is 0 Å². The van der Waals surface area contributed by atoms with Crippen LogP contribution in [0.2, 0.25) is 0 Å². The van der Waals surface area contributed by atoms with Crippen molar-refractivity contribution in [3.05, 3.63) is 0 Å². The van der Waals surface area contributed by atoms with Crippen LogP contribution >= 0.6 is 0 Å². The van der Waals surface area contributed by atoms with E-state index in [2.05, 4.69) is 10.2 Å². The van der Waals surface area contributed by atoms with Crippen LogP contribution in [0.4, 0.5) is 4.79 Å². The molecule has 80 valence electrons.